The summed E-state index contributed by atoms with van der Waals surface area (Å²) in [4.78, 5) is 17.1. The number of carbonyl (C=O) groups excluding carboxylic acids is 1. The number of nitrogens with one attached hydrogen (secondary N) is 1. The van der Waals surface area contributed by atoms with Gasteiger partial charge in [0.15, 0.2) is 11.5 Å². The number of likely N-dealkylation sites (N-methyl/N-ethyl adjacent to an activating group) is 2. The number of nitrogens with zero attached hydrogens (tertiary/aromatic N) is 3. The lowest BCUT2D eigenvalue weighted by Crippen LogP contribution is -2.44. The molecule has 1 saturated heterocycles. The van der Waals surface area contributed by atoms with E-state index >= 15 is 0 Å². The number of carbonyl (C=O) groups is 1. The lowest BCUT2D eigenvalue weighted by atomic mass is 10.2. The van der Waals surface area contributed by atoms with Crippen LogP contribution in [0.1, 0.15) is 5.56 Å². The van der Waals surface area contributed by atoms with Crippen LogP contribution in [0.3, 0.4) is 0 Å². The van der Waals surface area contributed by atoms with Gasteiger partial charge >= 0.3 is 0 Å². The minimum Gasteiger partial charge on any atom is -0.493 e. The average Bonchev–Trinajstić information content (AvgIpc) is 2.83. The highest BCUT2D eigenvalue weighted by atomic mass is 32.2. The SMILES string of the molecule is COc1ccc(S(=O)(=O)N(C)CC(=O)NCc2ccc(N3CCN(C)CC3)cc2)cc1OC. The predicted molar refractivity (Wildman–Crippen MR) is 127 cm³/mol. The van der Waals surface area contributed by atoms with Crippen molar-refractivity contribution in [1.29, 1.82) is 0 Å². The summed E-state index contributed by atoms with van der Waals surface area (Å²) in [5.41, 5.74) is 2.12. The smallest absolute Gasteiger partial charge is 0.243 e. The van der Waals surface area contributed by atoms with E-state index in [9.17, 15) is 13.2 Å². The van der Waals surface area contributed by atoms with Crippen LogP contribution in [0.4, 0.5) is 5.69 Å². The number of amides is 1. The lowest BCUT2D eigenvalue weighted by molar-refractivity contribution is -0.121. The molecule has 1 aliphatic rings. The van der Waals surface area contributed by atoms with Gasteiger partial charge in [-0.05, 0) is 36.9 Å². The first-order chi connectivity index (χ1) is 15.7. The van der Waals surface area contributed by atoms with Crippen molar-refractivity contribution in [3.05, 3.63) is 48.0 Å². The summed E-state index contributed by atoms with van der Waals surface area (Å²) in [6.07, 6.45) is 0. The Kier molecular flexibility index (Phi) is 8.17. The molecule has 0 unspecified atom stereocenters. The van der Waals surface area contributed by atoms with E-state index in [1.54, 1.807) is 0 Å². The maximum absolute atomic E-state index is 12.9. The van der Waals surface area contributed by atoms with Crippen LogP contribution in [0.15, 0.2) is 47.4 Å². The molecule has 0 aromatic heterocycles. The van der Waals surface area contributed by atoms with Crippen molar-refractivity contribution < 1.29 is 22.7 Å². The molecule has 33 heavy (non-hydrogen) atoms. The minimum absolute atomic E-state index is 0.0231. The third-order valence-corrected chi connectivity index (χ3v) is 7.52. The molecule has 0 atom stereocenters. The van der Waals surface area contributed by atoms with E-state index in [0.717, 1.165) is 36.0 Å². The maximum atomic E-state index is 12.9. The molecule has 0 spiro atoms. The number of rotatable bonds is 9. The van der Waals surface area contributed by atoms with E-state index in [-0.39, 0.29) is 17.3 Å². The van der Waals surface area contributed by atoms with Gasteiger partial charge in [-0.3, -0.25) is 4.79 Å². The quantitative estimate of drug-likeness (QED) is 0.585. The zero-order valence-corrected chi connectivity index (χ0v) is 20.4. The molecule has 3 rings (SSSR count). The second-order valence-electron chi connectivity index (χ2n) is 8.01. The van der Waals surface area contributed by atoms with Crippen LogP contribution in [0.25, 0.3) is 0 Å². The van der Waals surface area contributed by atoms with E-state index in [1.165, 1.54) is 45.2 Å². The van der Waals surface area contributed by atoms with E-state index < -0.39 is 10.0 Å². The third-order valence-electron chi connectivity index (χ3n) is 5.72. The Morgan fingerprint density at radius 3 is 2.24 bits per heavy atom. The highest BCUT2D eigenvalue weighted by Gasteiger charge is 2.24. The van der Waals surface area contributed by atoms with Gasteiger partial charge in [0, 0.05) is 51.5 Å². The lowest BCUT2D eigenvalue weighted by Gasteiger charge is -2.34. The molecule has 0 saturated carbocycles. The number of ether oxygens (including phenoxy) is 2. The number of methoxy groups -OCH3 is 2. The first-order valence-corrected chi connectivity index (χ1v) is 12.2. The molecule has 0 aliphatic carbocycles. The van der Waals surface area contributed by atoms with Gasteiger partial charge in [0.05, 0.1) is 25.7 Å². The largest absolute Gasteiger partial charge is 0.493 e. The molecular formula is C23H32N4O5S. The molecule has 180 valence electrons. The summed E-state index contributed by atoms with van der Waals surface area (Å²) >= 11 is 0. The van der Waals surface area contributed by atoms with Crippen LogP contribution in [0, 0.1) is 0 Å². The predicted octanol–water partition coefficient (Wildman–Crippen LogP) is 1.39. The number of hydrogen-bond donors (Lipinski definition) is 1. The minimum atomic E-state index is -3.87. The van der Waals surface area contributed by atoms with Crippen molar-refractivity contribution in [1.82, 2.24) is 14.5 Å². The Bertz CT molecular complexity index is 1050. The Balaban J connectivity index is 1.55. The Labute approximate surface area is 195 Å². The van der Waals surface area contributed by atoms with Gasteiger partial charge in [-0.2, -0.15) is 4.31 Å². The highest BCUT2D eigenvalue weighted by Crippen LogP contribution is 2.30. The Morgan fingerprint density at radius 2 is 1.64 bits per heavy atom. The molecule has 1 N–H and O–H groups in total. The molecule has 1 heterocycles. The molecule has 1 aliphatic heterocycles. The molecule has 1 amide bonds. The van der Waals surface area contributed by atoms with Crippen molar-refractivity contribution in [2.24, 2.45) is 0 Å². The van der Waals surface area contributed by atoms with Gasteiger partial charge in [0.2, 0.25) is 15.9 Å². The number of piperazine rings is 1. The number of anilines is 1. The van der Waals surface area contributed by atoms with Gasteiger partial charge in [0.25, 0.3) is 0 Å². The number of benzene rings is 2. The summed E-state index contributed by atoms with van der Waals surface area (Å²) in [5, 5.41) is 2.79. The summed E-state index contributed by atoms with van der Waals surface area (Å²) in [6.45, 7) is 4.10. The van der Waals surface area contributed by atoms with Gasteiger partial charge in [0.1, 0.15) is 0 Å². The van der Waals surface area contributed by atoms with E-state index in [0.29, 0.717) is 18.0 Å². The van der Waals surface area contributed by atoms with Gasteiger partial charge < -0.3 is 24.6 Å². The summed E-state index contributed by atoms with van der Waals surface area (Å²) in [6, 6.07) is 12.4. The second-order valence-corrected chi connectivity index (χ2v) is 10.1. The summed E-state index contributed by atoms with van der Waals surface area (Å²) in [7, 11) is 2.54. The first kappa shape index (κ1) is 24.8. The normalized spacial score (nSPS) is 14.9. The molecular weight excluding hydrogens is 444 g/mol. The molecule has 1 fully saturated rings. The van der Waals surface area contributed by atoms with Crippen molar-refractivity contribution in [2.45, 2.75) is 11.4 Å². The van der Waals surface area contributed by atoms with Crippen molar-refractivity contribution in [2.75, 3.05) is 65.9 Å². The average molecular weight is 477 g/mol. The summed E-state index contributed by atoms with van der Waals surface area (Å²) < 4.78 is 37.1. The molecule has 0 radical (unpaired) electrons. The molecule has 2 aromatic rings. The van der Waals surface area contributed by atoms with Crippen LogP contribution in [0.2, 0.25) is 0 Å². The topological polar surface area (TPSA) is 91.4 Å². The van der Waals surface area contributed by atoms with Crippen LogP contribution >= 0.6 is 0 Å². The van der Waals surface area contributed by atoms with Gasteiger partial charge in [-0.1, -0.05) is 12.1 Å². The first-order valence-electron chi connectivity index (χ1n) is 10.7. The van der Waals surface area contributed by atoms with Crippen molar-refractivity contribution in [3.8, 4) is 11.5 Å². The van der Waals surface area contributed by atoms with Crippen molar-refractivity contribution >= 4 is 21.6 Å². The summed E-state index contributed by atoms with van der Waals surface area (Å²) in [5.74, 6) is 0.344. The van der Waals surface area contributed by atoms with Crippen LogP contribution < -0.4 is 19.7 Å². The zero-order valence-electron chi connectivity index (χ0n) is 19.6. The van der Waals surface area contributed by atoms with Gasteiger partial charge in [-0.15, -0.1) is 0 Å². The van der Waals surface area contributed by atoms with Crippen LogP contribution in [0.5, 0.6) is 11.5 Å². The molecule has 10 heteroatoms. The molecule has 9 nitrogen and oxygen atoms in total. The fourth-order valence-electron chi connectivity index (χ4n) is 3.59. The standard InChI is InChI=1S/C23H32N4O5S/c1-25-11-13-27(14-12-25)19-7-5-18(6-8-19)16-24-23(28)17-26(2)33(29,30)20-9-10-21(31-3)22(15-20)32-4/h5-10,15H,11-14,16-17H2,1-4H3,(H,24,28). The maximum Gasteiger partial charge on any atom is 0.243 e. The fraction of sp³-hybridized carbons (Fsp3) is 0.435. The van der Waals surface area contributed by atoms with E-state index in [4.69, 9.17) is 9.47 Å². The number of hydrogen-bond acceptors (Lipinski definition) is 7. The molecule has 2 aromatic carbocycles. The van der Waals surface area contributed by atoms with E-state index in [2.05, 4.69) is 34.3 Å². The van der Waals surface area contributed by atoms with Crippen LogP contribution in [-0.4, -0.2) is 84.6 Å². The molecule has 0 bridgehead atoms. The van der Waals surface area contributed by atoms with Crippen LogP contribution in [-0.2, 0) is 21.4 Å². The van der Waals surface area contributed by atoms with E-state index in [1.807, 2.05) is 12.1 Å². The Morgan fingerprint density at radius 1 is 1.00 bits per heavy atom. The van der Waals surface area contributed by atoms with Gasteiger partial charge in [-0.25, -0.2) is 8.42 Å². The number of sulfonamides is 1. The second kappa shape index (κ2) is 10.9. The zero-order chi connectivity index (χ0) is 24.0. The third kappa shape index (κ3) is 6.16. The highest BCUT2D eigenvalue weighted by molar-refractivity contribution is 7.89. The van der Waals surface area contributed by atoms with Crippen molar-refractivity contribution in [3.63, 3.8) is 0 Å². The fourth-order valence-corrected chi connectivity index (χ4v) is 4.73. The Hall–Kier alpha value is -2.82. The monoisotopic (exact) mass is 476 g/mol.